The first-order valence-electron chi connectivity index (χ1n) is 10.0. The number of halogens is 2. The van der Waals surface area contributed by atoms with E-state index in [1.807, 2.05) is 0 Å². The molecule has 0 bridgehead atoms. The summed E-state index contributed by atoms with van der Waals surface area (Å²) in [4.78, 5) is 24.4. The molecule has 1 aliphatic heterocycles. The Hall–Kier alpha value is -3.04. The van der Waals surface area contributed by atoms with E-state index in [2.05, 4.69) is 16.0 Å². The smallest absolute Gasteiger partial charge is 0.319 e. The van der Waals surface area contributed by atoms with Crippen molar-refractivity contribution in [3.63, 3.8) is 0 Å². The van der Waals surface area contributed by atoms with Crippen LogP contribution in [0, 0.1) is 11.6 Å². The van der Waals surface area contributed by atoms with Gasteiger partial charge in [0.05, 0.1) is 25.2 Å². The maximum Gasteiger partial charge on any atom is 0.319 e. The van der Waals surface area contributed by atoms with Gasteiger partial charge in [-0.25, -0.2) is 13.6 Å². The average Bonchev–Trinajstić information content (AvgIpc) is 2.75. The van der Waals surface area contributed by atoms with Gasteiger partial charge >= 0.3 is 6.03 Å². The molecular formula is C22H25F2N3O4. The highest BCUT2D eigenvalue weighted by Gasteiger charge is 2.32. The second-order valence-corrected chi connectivity index (χ2v) is 7.38. The summed E-state index contributed by atoms with van der Waals surface area (Å²) in [7, 11) is 0. The van der Waals surface area contributed by atoms with E-state index in [1.54, 1.807) is 12.1 Å². The number of ether oxygens (including phenoxy) is 1. The Bertz CT molecular complexity index is 895. The summed E-state index contributed by atoms with van der Waals surface area (Å²) >= 11 is 0. The molecule has 1 heterocycles. The monoisotopic (exact) mass is 433 g/mol. The van der Waals surface area contributed by atoms with Gasteiger partial charge < -0.3 is 25.8 Å². The third-order valence-electron chi connectivity index (χ3n) is 5.01. The lowest BCUT2D eigenvalue weighted by molar-refractivity contribution is -0.130. The molecule has 1 aliphatic rings. The van der Waals surface area contributed by atoms with Crippen LogP contribution < -0.4 is 16.0 Å². The van der Waals surface area contributed by atoms with Crippen LogP contribution in [0.1, 0.15) is 24.8 Å². The molecule has 0 unspecified atom stereocenters. The summed E-state index contributed by atoms with van der Waals surface area (Å²) in [6.07, 6.45) is 0.0758. The van der Waals surface area contributed by atoms with Crippen LogP contribution in [-0.4, -0.2) is 41.9 Å². The van der Waals surface area contributed by atoms with Gasteiger partial charge in [-0.2, -0.15) is 0 Å². The van der Waals surface area contributed by atoms with Gasteiger partial charge in [0.15, 0.2) is 0 Å². The van der Waals surface area contributed by atoms with Gasteiger partial charge in [-0.05, 0) is 54.8 Å². The van der Waals surface area contributed by atoms with Gasteiger partial charge in [-0.1, -0.05) is 12.1 Å². The van der Waals surface area contributed by atoms with Gasteiger partial charge in [0.25, 0.3) is 0 Å². The van der Waals surface area contributed by atoms with Gasteiger partial charge in [0.1, 0.15) is 17.7 Å². The maximum atomic E-state index is 13.2. The van der Waals surface area contributed by atoms with Crippen molar-refractivity contribution in [2.75, 3.05) is 11.9 Å². The predicted octanol–water partition coefficient (Wildman–Crippen LogP) is 2.70. The molecule has 0 spiro atoms. The lowest BCUT2D eigenvalue weighted by Crippen LogP contribution is -2.52. The summed E-state index contributed by atoms with van der Waals surface area (Å²) in [5, 5.41) is 17.7. The van der Waals surface area contributed by atoms with E-state index in [-0.39, 0.29) is 31.3 Å². The van der Waals surface area contributed by atoms with Crippen LogP contribution in [0.25, 0.3) is 0 Å². The van der Waals surface area contributed by atoms with Crippen molar-refractivity contribution >= 4 is 17.6 Å². The molecule has 1 saturated heterocycles. The number of carbonyl (C=O) groups excluding carboxylic acids is 2. The van der Waals surface area contributed by atoms with Crippen molar-refractivity contribution in [2.45, 2.75) is 44.1 Å². The maximum absolute atomic E-state index is 13.2. The van der Waals surface area contributed by atoms with Crippen molar-refractivity contribution in [3.8, 4) is 0 Å². The fraction of sp³-hybridized carbons (Fsp3) is 0.364. The molecule has 0 aliphatic carbocycles. The summed E-state index contributed by atoms with van der Waals surface area (Å²) in [5.41, 5.74) is 1.09. The third-order valence-corrected chi connectivity index (χ3v) is 5.01. The second kappa shape index (κ2) is 10.8. The van der Waals surface area contributed by atoms with E-state index < -0.39 is 30.1 Å². The molecule has 4 N–H and O–H groups in total. The minimum Gasteiger partial charge on any atom is -0.394 e. The van der Waals surface area contributed by atoms with E-state index in [0.29, 0.717) is 24.1 Å². The number of aliphatic hydroxyl groups is 1. The number of urea groups is 1. The van der Waals surface area contributed by atoms with E-state index in [1.165, 1.54) is 36.4 Å². The van der Waals surface area contributed by atoms with E-state index in [4.69, 9.17) is 4.74 Å². The first-order chi connectivity index (χ1) is 14.9. The lowest BCUT2D eigenvalue weighted by atomic mass is 9.97. The zero-order valence-electron chi connectivity index (χ0n) is 16.8. The molecule has 0 saturated carbocycles. The SMILES string of the molecule is O=C(C[C@@H]1CC[C@@H](NC(=O)Nc2ccc(F)cc2)[C@@H](CO)O1)NCc1cccc(F)c1. The molecule has 2 aromatic rings. The number of benzene rings is 2. The molecule has 3 amide bonds. The summed E-state index contributed by atoms with van der Waals surface area (Å²) < 4.78 is 32.0. The third kappa shape index (κ3) is 7.01. The minimum atomic E-state index is -0.659. The Morgan fingerprint density at radius 3 is 2.55 bits per heavy atom. The van der Waals surface area contributed by atoms with Crippen molar-refractivity contribution in [2.24, 2.45) is 0 Å². The zero-order valence-corrected chi connectivity index (χ0v) is 16.8. The number of anilines is 1. The Labute approximate surface area is 178 Å². The van der Waals surface area contributed by atoms with Crippen LogP contribution in [0.4, 0.5) is 19.3 Å². The zero-order chi connectivity index (χ0) is 22.2. The number of aliphatic hydroxyl groups excluding tert-OH is 1. The number of carbonyl (C=O) groups is 2. The molecule has 3 rings (SSSR count). The Balaban J connectivity index is 1.44. The minimum absolute atomic E-state index is 0.0975. The standard InChI is InChI=1S/C22H25F2N3O4/c23-15-4-6-17(7-5-15)26-22(30)27-19-9-8-18(31-20(19)13-28)11-21(29)25-12-14-2-1-3-16(24)10-14/h1-7,10,18-20,28H,8-9,11-13H2,(H,25,29)(H2,26,27,30)/t18-,19+,20+/m0/s1. The average molecular weight is 433 g/mol. The number of nitrogens with one attached hydrogen (secondary N) is 3. The summed E-state index contributed by atoms with van der Waals surface area (Å²) in [6.45, 7) is -0.108. The highest BCUT2D eigenvalue weighted by Crippen LogP contribution is 2.22. The molecule has 166 valence electrons. The number of amides is 3. The van der Waals surface area contributed by atoms with Crippen LogP contribution in [0.3, 0.4) is 0 Å². The van der Waals surface area contributed by atoms with E-state index in [9.17, 15) is 23.5 Å². The Morgan fingerprint density at radius 1 is 1.06 bits per heavy atom. The lowest BCUT2D eigenvalue weighted by Gasteiger charge is -2.35. The van der Waals surface area contributed by atoms with Crippen molar-refractivity contribution in [1.82, 2.24) is 10.6 Å². The van der Waals surface area contributed by atoms with Crippen LogP contribution in [0.2, 0.25) is 0 Å². The topological polar surface area (TPSA) is 99.7 Å². The molecule has 3 atom stereocenters. The Kier molecular flexibility index (Phi) is 7.91. The van der Waals surface area contributed by atoms with Gasteiger partial charge in [0, 0.05) is 12.2 Å². The van der Waals surface area contributed by atoms with Crippen molar-refractivity contribution < 1.29 is 28.2 Å². The first-order valence-corrected chi connectivity index (χ1v) is 10.0. The molecular weight excluding hydrogens is 408 g/mol. The molecule has 1 fully saturated rings. The molecule has 9 heteroatoms. The Morgan fingerprint density at radius 2 is 1.84 bits per heavy atom. The number of hydrogen-bond acceptors (Lipinski definition) is 4. The number of hydrogen-bond donors (Lipinski definition) is 4. The molecule has 2 aromatic carbocycles. The van der Waals surface area contributed by atoms with Crippen LogP contribution in [0.15, 0.2) is 48.5 Å². The van der Waals surface area contributed by atoms with Crippen LogP contribution >= 0.6 is 0 Å². The van der Waals surface area contributed by atoms with Gasteiger partial charge in [-0.3, -0.25) is 4.79 Å². The molecule has 31 heavy (non-hydrogen) atoms. The predicted molar refractivity (Wildman–Crippen MR) is 110 cm³/mol. The normalized spacial score (nSPS) is 20.7. The highest BCUT2D eigenvalue weighted by molar-refractivity contribution is 5.89. The quantitative estimate of drug-likeness (QED) is 0.540. The van der Waals surface area contributed by atoms with Gasteiger partial charge in [0.2, 0.25) is 5.91 Å². The van der Waals surface area contributed by atoms with Crippen molar-refractivity contribution in [1.29, 1.82) is 0 Å². The van der Waals surface area contributed by atoms with Crippen LogP contribution in [0.5, 0.6) is 0 Å². The summed E-state index contributed by atoms with van der Waals surface area (Å²) in [5.74, 6) is -1.01. The first kappa shape index (κ1) is 22.6. The number of rotatable bonds is 7. The largest absolute Gasteiger partial charge is 0.394 e. The fourth-order valence-corrected chi connectivity index (χ4v) is 3.44. The fourth-order valence-electron chi connectivity index (χ4n) is 3.44. The molecule has 7 nitrogen and oxygen atoms in total. The van der Waals surface area contributed by atoms with Gasteiger partial charge in [-0.15, -0.1) is 0 Å². The van der Waals surface area contributed by atoms with E-state index in [0.717, 1.165) is 0 Å². The van der Waals surface area contributed by atoms with E-state index >= 15 is 0 Å². The van der Waals surface area contributed by atoms with Crippen molar-refractivity contribution in [3.05, 3.63) is 65.7 Å². The second-order valence-electron chi connectivity index (χ2n) is 7.38. The summed E-state index contributed by atoms with van der Waals surface area (Å²) in [6, 6.07) is 10.4. The molecule has 0 radical (unpaired) electrons. The van der Waals surface area contributed by atoms with Crippen LogP contribution in [-0.2, 0) is 16.1 Å². The molecule has 0 aromatic heterocycles. The highest BCUT2D eigenvalue weighted by atomic mass is 19.1.